The second kappa shape index (κ2) is 5.10. The molecule has 0 amide bonds. The molecule has 1 heterocycles. The highest BCUT2D eigenvalue weighted by Gasteiger charge is 2.16. The monoisotopic (exact) mass is 266 g/mol. The van der Waals surface area contributed by atoms with Crippen LogP contribution in [0.3, 0.4) is 0 Å². The summed E-state index contributed by atoms with van der Waals surface area (Å²) in [5, 5.41) is 7.54. The lowest BCUT2D eigenvalue weighted by Crippen LogP contribution is -2.07. The Morgan fingerprint density at radius 1 is 1.28 bits per heavy atom. The third-order valence-corrected chi connectivity index (χ3v) is 2.49. The van der Waals surface area contributed by atoms with Crippen LogP contribution in [0.25, 0.3) is 0 Å². The molecule has 0 radical (unpaired) electrons. The van der Waals surface area contributed by atoms with E-state index in [9.17, 15) is 9.18 Å². The van der Waals surface area contributed by atoms with Crippen LogP contribution in [0.2, 0.25) is 5.02 Å². The number of rotatable bonds is 3. The molecule has 0 unspecified atom stereocenters. The normalized spacial score (nSPS) is 10.2. The average Bonchev–Trinajstić information content (AvgIpc) is 2.38. The number of carbonyl (C=O) groups excluding carboxylic acids is 1. The molecule has 4 nitrogen and oxygen atoms in total. The number of hydrogen-bond acceptors (Lipinski definition) is 4. The predicted molar refractivity (Wildman–Crippen MR) is 63.4 cm³/mol. The minimum absolute atomic E-state index is 0.0389. The Kier molecular flexibility index (Phi) is 3.53. The molecule has 0 atom stereocenters. The molecule has 0 N–H and O–H groups in total. The first-order valence-electron chi connectivity index (χ1n) is 4.99. The van der Waals surface area contributed by atoms with E-state index in [1.54, 1.807) is 0 Å². The molecule has 0 saturated heterocycles. The minimum Gasteiger partial charge on any atom is -0.480 e. The van der Waals surface area contributed by atoms with Crippen LogP contribution in [-0.4, -0.2) is 23.1 Å². The summed E-state index contributed by atoms with van der Waals surface area (Å²) in [4.78, 5) is 12.0. The maximum absolute atomic E-state index is 13.6. The molecule has 0 aliphatic heterocycles. The number of benzene rings is 1. The fraction of sp³-hybridized carbons (Fsp3) is 0.0833. The predicted octanol–water partition coefficient (Wildman–Crippen LogP) is 2.51. The Morgan fingerprint density at radius 3 is 2.61 bits per heavy atom. The lowest BCUT2D eigenvalue weighted by atomic mass is 10.1. The van der Waals surface area contributed by atoms with E-state index in [-0.39, 0.29) is 22.2 Å². The second-order valence-electron chi connectivity index (χ2n) is 3.41. The number of ketones is 1. The maximum Gasteiger partial charge on any atom is 0.233 e. The first-order chi connectivity index (χ1) is 8.61. The summed E-state index contributed by atoms with van der Waals surface area (Å²) in [5.74, 6) is -0.965. The van der Waals surface area contributed by atoms with Crippen molar-refractivity contribution < 1.29 is 13.9 Å². The Bertz CT molecular complexity index is 587. The van der Waals surface area contributed by atoms with Gasteiger partial charge >= 0.3 is 0 Å². The van der Waals surface area contributed by atoms with Gasteiger partial charge in [-0.3, -0.25) is 4.79 Å². The van der Waals surface area contributed by atoms with Crippen LogP contribution in [0.15, 0.2) is 30.3 Å². The van der Waals surface area contributed by atoms with Gasteiger partial charge in [-0.25, -0.2) is 4.39 Å². The molecule has 18 heavy (non-hydrogen) atoms. The number of ether oxygens (including phenoxy) is 1. The third kappa shape index (κ3) is 2.46. The topological polar surface area (TPSA) is 52.1 Å². The summed E-state index contributed by atoms with van der Waals surface area (Å²) >= 11 is 5.61. The van der Waals surface area contributed by atoms with Crippen molar-refractivity contribution in [3.8, 4) is 5.88 Å². The van der Waals surface area contributed by atoms with E-state index < -0.39 is 11.6 Å². The molecule has 0 saturated carbocycles. The van der Waals surface area contributed by atoms with E-state index in [1.807, 2.05) is 0 Å². The number of carbonyl (C=O) groups is 1. The van der Waals surface area contributed by atoms with E-state index in [0.717, 1.165) is 6.07 Å². The van der Waals surface area contributed by atoms with Crippen LogP contribution in [0.1, 0.15) is 16.1 Å². The summed E-state index contributed by atoms with van der Waals surface area (Å²) in [5.41, 5.74) is -0.0594. The van der Waals surface area contributed by atoms with Crippen molar-refractivity contribution in [2.24, 2.45) is 0 Å². The number of methoxy groups -OCH3 is 1. The zero-order chi connectivity index (χ0) is 13.1. The van der Waals surface area contributed by atoms with E-state index in [4.69, 9.17) is 16.3 Å². The number of aromatic nitrogens is 2. The average molecular weight is 267 g/mol. The van der Waals surface area contributed by atoms with Crippen LogP contribution in [0.4, 0.5) is 4.39 Å². The summed E-state index contributed by atoms with van der Waals surface area (Å²) in [7, 11) is 1.43. The second-order valence-corrected chi connectivity index (χ2v) is 3.85. The van der Waals surface area contributed by atoms with Crippen molar-refractivity contribution in [1.29, 1.82) is 0 Å². The van der Waals surface area contributed by atoms with Crippen molar-refractivity contribution in [2.75, 3.05) is 7.11 Å². The van der Waals surface area contributed by atoms with Gasteiger partial charge in [0.25, 0.3) is 0 Å². The van der Waals surface area contributed by atoms with Gasteiger partial charge in [-0.15, -0.1) is 10.2 Å². The van der Waals surface area contributed by atoms with Gasteiger partial charge < -0.3 is 4.74 Å². The molecule has 0 fully saturated rings. The lowest BCUT2D eigenvalue weighted by Gasteiger charge is -2.02. The fourth-order valence-corrected chi connectivity index (χ4v) is 1.52. The van der Waals surface area contributed by atoms with Gasteiger partial charge in [-0.1, -0.05) is 11.6 Å². The standard InChI is InChI=1S/C12H8ClFN2O2/c1-18-11-5-4-10(15-16-11)12(17)8-3-2-7(13)6-9(8)14/h2-6H,1H3. The Labute approximate surface area is 107 Å². The van der Waals surface area contributed by atoms with Crippen molar-refractivity contribution in [3.05, 3.63) is 52.4 Å². The molecule has 0 spiro atoms. The molecule has 0 aliphatic carbocycles. The first-order valence-corrected chi connectivity index (χ1v) is 5.37. The zero-order valence-corrected chi connectivity index (χ0v) is 10.1. The van der Waals surface area contributed by atoms with Crippen LogP contribution >= 0.6 is 11.6 Å². The van der Waals surface area contributed by atoms with Gasteiger partial charge in [0, 0.05) is 11.1 Å². The summed E-state index contributed by atoms with van der Waals surface area (Å²) < 4.78 is 18.4. The third-order valence-electron chi connectivity index (χ3n) is 2.26. The van der Waals surface area contributed by atoms with Crippen molar-refractivity contribution in [3.63, 3.8) is 0 Å². The van der Waals surface area contributed by atoms with E-state index in [2.05, 4.69) is 10.2 Å². The maximum atomic E-state index is 13.6. The largest absolute Gasteiger partial charge is 0.480 e. The van der Waals surface area contributed by atoms with Gasteiger partial charge in [0.05, 0.1) is 12.7 Å². The molecule has 6 heteroatoms. The molecule has 0 aliphatic rings. The molecule has 2 aromatic rings. The van der Waals surface area contributed by atoms with Gasteiger partial charge in [-0.05, 0) is 24.3 Å². The fourth-order valence-electron chi connectivity index (χ4n) is 1.36. The van der Waals surface area contributed by atoms with Crippen molar-refractivity contribution in [1.82, 2.24) is 10.2 Å². The van der Waals surface area contributed by atoms with Crippen LogP contribution < -0.4 is 4.74 Å². The SMILES string of the molecule is COc1ccc(C(=O)c2ccc(Cl)cc2F)nn1. The van der Waals surface area contributed by atoms with Crippen molar-refractivity contribution >= 4 is 17.4 Å². The Morgan fingerprint density at radius 2 is 2.06 bits per heavy atom. The number of halogens is 2. The summed E-state index contributed by atoms with van der Waals surface area (Å²) in [6.45, 7) is 0. The minimum atomic E-state index is -0.690. The number of hydrogen-bond donors (Lipinski definition) is 0. The quantitative estimate of drug-likeness (QED) is 0.801. The highest BCUT2D eigenvalue weighted by Crippen LogP contribution is 2.17. The van der Waals surface area contributed by atoms with Crippen LogP contribution in [0, 0.1) is 5.82 Å². The zero-order valence-electron chi connectivity index (χ0n) is 9.35. The molecule has 1 aromatic heterocycles. The Hall–Kier alpha value is -2.01. The highest BCUT2D eigenvalue weighted by atomic mass is 35.5. The van der Waals surface area contributed by atoms with E-state index in [0.29, 0.717) is 0 Å². The van der Waals surface area contributed by atoms with Gasteiger partial charge in [-0.2, -0.15) is 0 Å². The van der Waals surface area contributed by atoms with Gasteiger partial charge in [0.2, 0.25) is 11.7 Å². The molecule has 92 valence electrons. The van der Waals surface area contributed by atoms with Crippen molar-refractivity contribution in [2.45, 2.75) is 0 Å². The van der Waals surface area contributed by atoms with E-state index in [1.165, 1.54) is 31.4 Å². The van der Waals surface area contributed by atoms with Gasteiger partial charge in [0.15, 0.2) is 0 Å². The van der Waals surface area contributed by atoms with Crippen LogP contribution in [-0.2, 0) is 0 Å². The van der Waals surface area contributed by atoms with Crippen LogP contribution in [0.5, 0.6) is 5.88 Å². The van der Waals surface area contributed by atoms with Gasteiger partial charge in [0.1, 0.15) is 11.5 Å². The molecule has 0 bridgehead atoms. The molecule has 1 aromatic carbocycles. The Balaban J connectivity index is 2.35. The first kappa shape index (κ1) is 12.4. The number of nitrogens with zero attached hydrogens (tertiary/aromatic N) is 2. The smallest absolute Gasteiger partial charge is 0.233 e. The molecular formula is C12H8ClFN2O2. The lowest BCUT2D eigenvalue weighted by molar-refractivity contribution is 0.102. The summed E-state index contributed by atoms with van der Waals surface area (Å²) in [6.07, 6.45) is 0. The molecular weight excluding hydrogens is 259 g/mol. The molecule has 2 rings (SSSR count). The summed E-state index contributed by atoms with van der Waals surface area (Å²) in [6, 6.07) is 6.72. The van der Waals surface area contributed by atoms with E-state index >= 15 is 0 Å². The highest BCUT2D eigenvalue weighted by molar-refractivity contribution is 6.30.